The molecule has 0 spiro atoms. The Morgan fingerprint density at radius 3 is 3.00 bits per heavy atom. The quantitative estimate of drug-likeness (QED) is 0.902. The second-order valence-corrected chi connectivity index (χ2v) is 4.93. The van der Waals surface area contributed by atoms with Crippen LogP contribution in [0.5, 0.6) is 0 Å². The summed E-state index contributed by atoms with van der Waals surface area (Å²) >= 11 is 0. The van der Waals surface area contributed by atoms with Gasteiger partial charge in [0.15, 0.2) is 0 Å². The van der Waals surface area contributed by atoms with Gasteiger partial charge in [0.1, 0.15) is 5.58 Å². The molecule has 1 aliphatic rings. The number of hydrogen-bond donors (Lipinski definition) is 1. The van der Waals surface area contributed by atoms with Crippen LogP contribution in [0.1, 0.15) is 24.4 Å². The van der Waals surface area contributed by atoms with Crippen LogP contribution in [0.4, 0.5) is 0 Å². The minimum atomic E-state index is 0.314. The monoisotopic (exact) mass is 245 g/mol. The Morgan fingerprint density at radius 1 is 1.33 bits per heavy atom. The summed E-state index contributed by atoms with van der Waals surface area (Å²) in [5.41, 5.74) is 2.22. The molecule has 2 atom stereocenters. The van der Waals surface area contributed by atoms with Gasteiger partial charge in [-0.15, -0.1) is 0 Å². The molecule has 1 aromatic carbocycles. The molecule has 1 fully saturated rings. The Balaban J connectivity index is 1.95. The van der Waals surface area contributed by atoms with Crippen molar-refractivity contribution in [2.45, 2.75) is 18.9 Å². The first kappa shape index (κ1) is 11.8. The first-order chi connectivity index (χ1) is 8.90. The molecule has 2 unspecified atom stereocenters. The van der Waals surface area contributed by atoms with Crippen molar-refractivity contribution >= 4 is 11.0 Å². The summed E-state index contributed by atoms with van der Waals surface area (Å²) in [5, 5.41) is 4.64. The topological polar surface area (TPSA) is 34.4 Å². The summed E-state index contributed by atoms with van der Waals surface area (Å²) in [6.07, 6.45) is 4.25. The van der Waals surface area contributed by atoms with Gasteiger partial charge in [-0.2, -0.15) is 0 Å². The highest BCUT2D eigenvalue weighted by Crippen LogP contribution is 2.33. The molecule has 1 saturated heterocycles. The van der Waals surface area contributed by atoms with Crippen molar-refractivity contribution in [3.8, 4) is 0 Å². The predicted octanol–water partition coefficient (Wildman–Crippen LogP) is 3.12. The van der Waals surface area contributed by atoms with Gasteiger partial charge >= 0.3 is 0 Å². The zero-order valence-corrected chi connectivity index (χ0v) is 10.7. The summed E-state index contributed by atoms with van der Waals surface area (Å²) < 4.78 is 11.2. The Morgan fingerprint density at radius 2 is 2.22 bits per heavy atom. The molecule has 0 radical (unpaired) electrons. The molecule has 2 aromatic rings. The second-order valence-electron chi connectivity index (χ2n) is 4.93. The summed E-state index contributed by atoms with van der Waals surface area (Å²) in [7, 11) is 2.01. The van der Waals surface area contributed by atoms with Crippen molar-refractivity contribution in [2.75, 3.05) is 20.3 Å². The van der Waals surface area contributed by atoms with Gasteiger partial charge in [0.25, 0.3) is 0 Å². The van der Waals surface area contributed by atoms with Gasteiger partial charge in [0, 0.05) is 29.5 Å². The maximum atomic E-state index is 5.64. The number of benzene rings is 1. The molecular formula is C15H19NO2. The number of fused-ring (bicyclic) bond motifs is 1. The van der Waals surface area contributed by atoms with E-state index < -0.39 is 0 Å². The Bertz CT molecular complexity index is 514. The van der Waals surface area contributed by atoms with E-state index in [4.69, 9.17) is 9.15 Å². The molecular weight excluding hydrogens is 226 g/mol. The minimum absolute atomic E-state index is 0.314. The number of rotatable bonds is 3. The number of ether oxygens (including phenoxy) is 1. The number of hydrogen-bond acceptors (Lipinski definition) is 3. The van der Waals surface area contributed by atoms with Crippen molar-refractivity contribution in [3.63, 3.8) is 0 Å². The van der Waals surface area contributed by atoms with Gasteiger partial charge in [-0.1, -0.05) is 18.2 Å². The summed E-state index contributed by atoms with van der Waals surface area (Å²) in [6.45, 7) is 1.74. The smallest absolute Gasteiger partial charge is 0.134 e. The molecule has 3 rings (SSSR count). The third-order valence-corrected chi connectivity index (χ3v) is 3.82. The summed E-state index contributed by atoms with van der Waals surface area (Å²) in [4.78, 5) is 0. The second kappa shape index (κ2) is 5.12. The van der Waals surface area contributed by atoms with Crippen LogP contribution in [0.15, 0.2) is 34.9 Å². The molecule has 0 amide bonds. The number of para-hydroxylation sites is 1. The molecule has 1 N–H and O–H groups in total. The van der Waals surface area contributed by atoms with E-state index in [0.29, 0.717) is 12.0 Å². The minimum Gasteiger partial charge on any atom is -0.464 e. The Hall–Kier alpha value is -1.32. The van der Waals surface area contributed by atoms with Crippen molar-refractivity contribution in [1.29, 1.82) is 0 Å². The fourth-order valence-corrected chi connectivity index (χ4v) is 2.91. The lowest BCUT2D eigenvalue weighted by atomic mass is 9.88. The average molecular weight is 245 g/mol. The zero-order chi connectivity index (χ0) is 12.4. The van der Waals surface area contributed by atoms with Crippen molar-refractivity contribution in [3.05, 3.63) is 36.1 Å². The number of nitrogens with one attached hydrogen (secondary N) is 1. The molecule has 2 heterocycles. The fourth-order valence-electron chi connectivity index (χ4n) is 2.91. The van der Waals surface area contributed by atoms with Crippen LogP contribution >= 0.6 is 0 Å². The maximum Gasteiger partial charge on any atom is 0.134 e. The van der Waals surface area contributed by atoms with Crippen LogP contribution in [0.2, 0.25) is 0 Å². The van der Waals surface area contributed by atoms with Gasteiger partial charge < -0.3 is 14.5 Å². The van der Waals surface area contributed by atoms with Crippen LogP contribution in [0, 0.1) is 5.92 Å². The molecule has 1 aromatic heterocycles. The molecule has 3 heteroatoms. The predicted molar refractivity (Wildman–Crippen MR) is 71.6 cm³/mol. The van der Waals surface area contributed by atoms with E-state index in [2.05, 4.69) is 17.4 Å². The maximum absolute atomic E-state index is 5.64. The van der Waals surface area contributed by atoms with E-state index in [0.717, 1.165) is 25.2 Å². The van der Waals surface area contributed by atoms with Crippen LogP contribution < -0.4 is 5.32 Å². The van der Waals surface area contributed by atoms with Gasteiger partial charge in [0.2, 0.25) is 0 Å². The molecule has 0 bridgehead atoms. The van der Waals surface area contributed by atoms with E-state index in [1.807, 2.05) is 25.4 Å². The molecule has 1 aliphatic heterocycles. The molecule has 3 nitrogen and oxygen atoms in total. The van der Waals surface area contributed by atoms with Crippen LogP contribution in [0.25, 0.3) is 11.0 Å². The van der Waals surface area contributed by atoms with E-state index in [-0.39, 0.29) is 0 Å². The van der Waals surface area contributed by atoms with E-state index in [1.165, 1.54) is 17.4 Å². The van der Waals surface area contributed by atoms with Crippen molar-refractivity contribution in [1.82, 2.24) is 5.32 Å². The van der Waals surface area contributed by atoms with E-state index in [9.17, 15) is 0 Å². The number of furan rings is 1. The lowest BCUT2D eigenvalue weighted by Gasteiger charge is -2.29. The van der Waals surface area contributed by atoms with Gasteiger partial charge in [-0.25, -0.2) is 0 Å². The van der Waals surface area contributed by atoms with Crippen LogP contribution in [-0.4, -0.2) is 20.3 Å². The standard InChI is InChI=1S/C15H19NO2/c1-16-15(11-5-4-8-17-9-11)13-10-18-14-7-3-2-6-12(13)14/h2-3,6-7,10-11,15-16H,4-5,8-9H2,1H3. The largest absolute Gasteiger partial charge is 0.464 e. The third-order valence-electron chi connectivity index (χ3n) is 3.82. The van der Waals surface area contributed by atoms with E-state index in [1.54, 1.807) is 0 Å². The Labute approximate surface area is 107 Å². The molecule has 96 valence electrons. The third kappa shape index (κ3) is 2.04. The van der Waals surface area contributed by atoms with E-state index >= 15 is 0 Å². The van der Waals surface area contributed by atoms with Crippen LogP contribution in [0.3, 0.4) is 0 Å². The van der Waals surface area contributed by atoms with Crippen molar-refractivity contribution in [2.24, 2.45) is 5.92 Å². The first-order valence-electron chi connectivity index (χ1n) is 6.61. The molecule has 0 saturated carbocycles. The highest BCUT2D eigenvalue weighted by atomic mass is 16.5. The van der Waals surface area contributed by atoms with Crippen molar-refractivity contribution < 1.29 is 9.15 Å². The fraction of sp³-hybridized carbons (Fsp3) is 0.467. The molecule has 18 heavy (non-hydrogen) atoms. The highest BCUT2D eigenvalue weighted by Gasteiger charge is 2.26. The van der Waals surface area contributed by atoms with Gasteiger partial charge in [-0.3, -0.25) is 0 Å². The summed E-state index contributed by atoms with van der Waals surface area (Å²) in [6, 6.07) is 8.53. The molecule has 0 aliphatic carbocycles. The Kier molecular flexibility index (Phi) is 3.35. The highest BCUT2D eigenvalue weighted by molar-refractivity contribution is 5.81. The lowest BCUT2D eigenvalue weighted by molar-refractivity contribution is 0.0403. The normalized spacial score (nSPS) is 22.2. The van der Waals surface area contributed by atoms with Gasteiger partial charge in [0.05, 0.1) is 12.9 Å². The SMILES string of the molecule is CNC(c1coc2ccccc12)C1CCCOC1. The lowest BCUT2D eigenvalue weighted by Crippen LogP contribution is -2.31. The average Bonchev–Trinajstić information content (AvgIpc) is 2.85. The summed E-state index contributed by atoms with van der Waals surface area (Å²) in [5.74, 6) is 0.532. The zero-order valence-electron chi connectivity index (χ0n) is 10.7. The first-order valence-corrected chi connectivity index (χ1v) is 6.61. The van der Waals surface area contributed by atoms with Crippen LogP contribution in [-0.2, 0) is 4.74 Å². The van der Waals surface area contributed by atoms with Gasteiger partial charge in [-0.05, 0) is 26.0 Å².